The number of benzene rings is 1. The highest BCUT2D eigenvalue weighted by Gasteiger charge is 2.20. The van der Waals surface area contributed by atoms with Crippen molar-refractivity contribution in [3.05, 3.63) is 35.1 Å². The quantitative estimate of drug-likeness (QED) is 0.638. The predicted octanol–water partition coefficient (Wildman–Crippen LogP) is 2.09. The van der Waals surface area contributed by atoms with Gasteiger partial charge in [0, 0.05) is 12.1 Å². The zero-order chi connectivity index (χ0) is 14.4. The van der Waals surface area contributed by atoms with Crippen LogP contribution in [0.1, 0.15) is 41.6 Å². The van der Waals surface area contributed by atoms with Crippen molar-refractivity contribution in [1.29, 1.82) is 0 Å². The van der Waals surface area contributed by atoms with Crippen LogP contribution in [0.5, 0.6) is 0 Å². The van der Waals surface area contributed by atoms with Gasteiger partial charge >= 0.3 is 0 Å². The number of hydrogen-bond donors (Lipinski definition) is 2. The van der Waals surface area contributed by atoms with Gasteiger partial charge in [-0.05, 0) is 37.0 Å². The molecule has 2 N–H and O–H groups in total. The summed E-state index contributed by atoms with van der Waals surface area (Å²) in [6, 6.07) is 4.18. The molecule has 1 aromatic carbocycles. The molecule has 1 saturated carbocycles. The van der Waals surface area contributed by atoms with Gasteiger partial charge in [0.25, 0.3) is 5.91 Å². The average molecular weight is 275 g/mol. The summed E-state index contributed by atoms with van der Waals surface area (Å²) in [6.45, 7) is 0.311. The molecular formula is C16H18FNO2. The van der Waals surface area contributed by atoms with Crippen molar-refractivity contribution >= 4 is 5.91 Å². The Bertz CT molecular complexity index is 541. The lowest BCUT2D eigenvalue weighted by Crippen LogP contribution is -2.24. The van der Waals surface area contributed by atoms with Gasteiger partial charge in [-0.3, -0.25) is 4.79 Å². The van der Waals surface area contributed by atoms with Crippen molar-refractivity contribution in [3.63, 3.8) is 0 Å². The highest BCUT2D eigenvalue weighted by atomic mass is 19.1. The number of rotatable bonds is 5. The smallest absolute Gasteiger partial charge is 0.251 e. The van der Waals surface area contributed by atoms with Gasteiger partial charge in [-0.1, -0.05) is 24.7 Å². The molecule has 0 aliphatic heterocycles. The summed E-state index contributed by atoms with van der Waals surface area (Å²) in [4.78, 5) is 11.8. The lowest BCUT2D eigenvalue weighted by Gasteiger charge is -2.05. The Hall–Kier alpha value is -1.86. The van der Waals surface area contributed by atoms with Crippen LogP contribution in [-0.2, 0) is 0 Å². The Morgan fingerprint density at radius 3 is 2.90 bits per heavy atom. The summed E-state index contributed by atoms with van der Waals surface area (Å²) in [5.41, 5.74) is 0.479. The fraction of sp³-hybridized carbons (Fsp3) is 0.438. The lowest BCUT2D eigenvalue weighted by molar-refractivity contribution is 0.0952. The van der Waals surface area contributed by atoms with Crippen LogP contribution in [0, 0.1) is 23.6 Å². The van der Waals surface area contributed by atoms with E-state index >= 15 is 0 Å². The Morgan fingerprint density at radius 1 is 1.45 bits per heavy atom. The Morgan fingerprint density at radius 2 is 2.25 bits per heavy atom. The number of carbonyl (C=O) groups excluding carboxylic acids is 1. The second-order valence-electron chi connectivity index (χ2n) is 5.00. The highest BCUT2D eigenvalue weighted by molar-refractivity contribution is 5.94. The van der Waals surface area contributed by atoms with Crippen molar-refractivity contribution in [1.82, 2.24) is 5.32 Å². The summed E-state index contributed by atoms with van der Waals surface area (Å²) in [5, 5.41) is 11.4. The fourth-order valence-electron chi connectivity index (χ4n) is 1.99. The van der Waals surface area contributed by atoms with Crippen molar-refractivity contribution < 1.29 is 14.3 Å². The van der Waals surface area contributed by atoms with E-state index in [1.165, 1.54) is 25.0 Å². The molecule has 1 aromatic rings. The van der Waals surface area contributed by atoms with Gasteiger partial charge in [-0.2, -0.15) is 0 Å². The maximum atomic E-state index is 13.7. The molecule has 0 heterocycles. The minimum atomic E-state index is -0.545. The molecule has 0 unspecified atom stereocenters. The standard InChI is InChI=1S/C16H18FNO2/c17-15-11-14(8-7-13(15)4-2-10-19)16(20)18-9-1-3-12-5-6-12/h7-8,11-12,19H,1,3,5-6,9-10H2,(H,18,20). The van der Waals surface area contributed by atoms with Gasteiger partial charge in [-0.15, -0.1) is 0 Å². The molecule has 0 atom stereocenters. The normalized spacial score (nSPS) is 13.5. The molecule has 0 aromatic heterocycles. The van der Waals surface area contributed by atoms with Crippen LogP contribution < -0.4 is 5.32 Å². The third-order valence-electron chi connectivity index (χ3n) is 3.31. The SMILES string of the molecule is O=C(NCCCC1CC1)c1ccc(C#CCO)c(F)c1. The van der Waals surface area contributed by atoms with Gasteiger partial charge < -0.3 is 10.4 Å². The molecule has 1 aliphatic carbocycles. The van der Waals surface area contributed by atoms with Crippen LogP contribution in [0.25, 0.3) is 0 Å². The monoisotopic (exact) mass is 275 g/mol. The molecule has 4 heteroatoms. The van der Waals surface area contributed by atoms with Crippen molar-refractivity contribution in [2.24, 2.45) is 5.92 Å². The van der Waals surface area contributed by atoms with Gasteiger partial charge in [0.15, 0.2) is 0 Å². The summed E-state index contributed by atoms with van der Waals surface area (Å²) in [5.74, 6) is 4.92. The Labute approximate surface area is 118 Å². The molecule has 0 radical (unpaired) electrons. The molecule has 1 amide bonds. The van der Waals surface area contributed by atoms with Crippen LogP contribution in [0.4, 0.5) is 4.39 Å². The summed E-state index contributed by atoms with van der Waals surface area (Å²) >= 11 is 0. The molecule has 1 fully saturated rings. The van der Waals surface area contributed by atoms with E-state index in [9.17, 15) is 9.18 Å². The van der Waals surface area contributed by atoms with Gasteiger partial charge in [0.1, 0.15) is 12.4 Å². The highest BCUT2D eigenvalue weighted by Crippen LogP contribution is 2.33. The molecule has 0 bridgehead atoms. The average Bonchev–Trinajstić information content (AvgIpc) is 3.26. The number of carbonyl (C=O) groups is 1. The van der Waals surface area contributed by atoms with E-state index in [1.807, 2.05) is 0 Å². The van der Waals surface area contributed by atoms with E-state index in [4.69, 9.17) is 5.11 Å². The zero-order valence-corrected chi connectivity index (χ0v) is 11.3. The van der Waals surface area contributed by atoms with Gasteiger partial charge in [-0.25, -0.2) is 4.39 Å². The summed E-state index contributed by atoms with van der Waals surface area (Å²) in [7, 11) is 0. The van der Waals surface area contributed by atoms with Crippen molar-refractivity contribution in [2.75, 3.05) is 13.2 Å². The minimum Gasteiger partial charge on any atom is -0.384 e. The Kier molecular flexibility index (Phi) is 5.14. The molecule has 0 saturated heterocycles. The van der Waals surface area contributed by atoms with E-state index in [2.05, 4.69) is 17.2 Å². The third kappa shape index (κ3) is 4.36. The second kappa shape index (κ2) is 7.06. The van der Waals surface area contributed by atoms with E-state index in [0.717, 1.165) is 18.8 Å². The first-order valence-corrected chi connectivity index (χ1v) is 6.88. The summed E-state index contributed by atoms with van der Waals surface area (Å²) in [6.07, 6.45) is 4.76. The maximum Gasteiger partial charge on any atom is 0.251 e. The molecule has 0 spiro atoms. The first-order valence-electron chi connectivity index (χ1n) is 6.88. The van der Waals surface area contributed by atoms with E-state index < -0.39 is 5.82 Å². The molecule has 106 valence electrons. The third-order valence-corrected chi connectivity index (χ3v) is 3.31. The number of aliphatic hydroxyl groups excluding tert-OH is 1. The Balaban J connectivity index is 1.87. The number of halogens is 1. The lowest BCUT2D eigenvalue weighted by atomic mass is 10.1. The number of aliphatic hydroxyl groups is 1. The van der Waals surface area contributed by atoms with Crippen molar-refractivity contribution in [2.45, 2.75) is 25.7 Å². The zero-order valence-electron chi connectivity index (χ0n) is 11.3. The first kappa shape index (κ1) is 14.5. The predicted molar refractivity (Wildman–Crippen MR) is 74.7 cm³/mol. The van der Waals surface area contributed by atoms with E-state index in [0.29, 0.717) is 12.1 Å². The van der Waals surface area contributed by atoms with Gasteiger partial charge in [0.2, 0.25) is 0 Å². The number of amides is 1. The van der Waals surface area contributed by atoms with Crippen molar-refractivity contribution in [3.8, 4) is 11.8 Å². The molecule has 3 nitrogen and oxygen atoms in total. The minimum absolute atomic E-state index is 0.185. The topological polar surface area (TPSA) is 49.3 Å². The van der Waals surface area contributed by atoms with E-state index in [-0.39, 0.29) is 18.1 Å². The van der Waals surface area contributed by atoms with Crippen LogP contribution in [0.15, 0.2) is 18.2 Å². The van der Waals surface area contributed by atoms with Crippen LogP contribution in [0.2, 0.25) is 0 Å². The van der Waals surface area contributed by atoms with Crippen LogP contribution in [-0.4, -0.2) is 24.2 Å². The maximum absolute atomic E-state index is 13.7. The van der Waals surface area contributed by atoms with Crippen LogP contribution in [0.3, 0.4) is 0 Å². The molecular weight excluding hydrogens is 257 g/mol. The summed E-state index contributed by atoms with van der Waals surface area (Å²) < 4.78 is 13.7. The molecule has 2 rings (SSSR count). The van der Waals surface area contributed by atoms with Gasteiger partial charge in [0.05, 0.1) is 5.56 Å². The number of nitrogens with one attached hydrogen (secondary N) is 1. The van der Waals surface area contributed by atoms with E-state index in [1.54, 1.807) is 6.07 Å². The second-order valence-corrected chi connectivity index (χ2v) is 5.00. The molecule has 20 heavy (non-hydrogen) atoms. The molecule has 1 aliphatic rings. The fourth-order valence-corrected chi connectivity index (χ4v) is 1.99. The number of hydrogen-bond acceptors (Lipinski definition) is 2. The first-order chi connectivity index (χ1) is 9.70. The van der Waals surface area contributed by atoms with Crippen LogP contribution >= 0.6 is 0 Å². The largest absolute Gasteiger partial charge is 0.384 e.